The number of carbonyl (C=O) groups excluding carboxylic acids is 2. The highest BCUT2D eigenvalue weighted by atomic mass is 32.2. The molecule has 0 aromatic heterocycles. The average molecular weight is 317 g/mol. The van der Waals surface area contributed by atoms with E-state index in [0.717, 1.165) is 5.75 Å². The molecule has 4 N–H and O–H groups in total. The molecule has 1 rings (SSSR count). The normalized spacial score (nSPS) is 17.6. The van der Waals surface area contributed by atoms with Crippen molar-refractivity contribution in [1.29, 1.82) is 0 Å². The molecule has 1 fully saturated rings. The summed E-state index contributed by atoms with van der Waals surface area (Å²) in [6.45, 7) is 1.79. The topological polar surface area (TPSA) is 95.7 Å². The van der Waals surface area contributed by atoms with E-state index in [2.05, 4.69) is 5.32 Å². The molecular formula is C14H27N3O3S. The van der Waals surface area contributed by atoms with Gasteiger partial charge in [-0.15, -0.1) is 0 Å². The molecule has 7 heteroatoms. The van der Waals surface area contributed by atoms with E-state index >= 15 is 0 Å². The molecule has 1 heterocycles. The van der Waals surface area contributed by atoms with Crippen LogP contribution in [0.15, 0.2) is 0 Å². The molecule has 21 heavy (non-hydrogen) atoms. The molecule has 0 saturated carbocycles. The van der Waals surface area contributed by atoms with Crippen molar-refractivity contribution in [1.82, 2.24) is 10.2 Å². The fourth-order valence-electron chi connectivity index (χ4n) is 2.40. The summed E-state index contributed by atoms with van der Waals surface area (Å²) in [6.07, 6.45) is 4.64. The Balaban J connectivity index is 2.31. The maximum Gasteiger partial charge on any atom is 0.239 e. The Labute approximate surface area is 130 Å². The van der Waals surface area contributed by atoms with Crippen LogP contribution >= 0.6 is 11.8 Å². The van der Waals surface area contributed by atoms with Crippen molar-refractivity contribution in [2.24, 2.45) is 11.7 Å². The first-order chi connectivity index (χ1) is 10.1. The van der Waals surface area contributed by atoms with E-state index < -0.39 is 6.04 Å². The summed E-state index contributed by atoms with van der Waals surface area (Å²) in [7, 11) is 0. The zero-order valence-electron chi connectivity index (χ0n) is 12.7. The van der Waals surface area contributed by atoms with E-state index in [4.69, 9.17) is 10.8 Å². The molecule has 2 amide bonds. The Morgan fingerprint density at radius 1 is 1.43 bits per heavy atom. The first kappa shape index (κ1) is 18.3. The lowest BCUT2D eigenvalue weighted by atomic mass is 9.95. The summed E-state index contributed by atoms with van der Waals surface area (Å²) in [5.74, 6) is 0.886. The Morgan fingerprint density at radius 2 is 2.10 bits per heavy atom. The second-order valence-corrected chi connectivity index (χ2v) is 6.34. The molecule has 0 bridgehead atoms. The molecule has 1 atom stereocenters. The molecule has 6 nitrogen and oxygen atoms in total. The molecule has 0 aromatic rings. The van der Waals surface area contributed by atoms with Gasteiger partial charge in [0.05, 0.1) is 6.04 Å². The van der Waals surface area contributed by atoms with Crippen molar-refractivity contribution in [3.63, 3.8) is 0 Å². The van der Waals surface area contributed by atoms with E-state index in [9.17, 15) is 9.59 Å². The van der Waals surface area contributed by atoms with Crippen molar-refractivity contribution >= 4 is 23.6 Å². The Kier molecular flexibility index (Phi) is 8.72. The third-order valence-electron chi connectivity index (χ3n) is 3.76. The second kappa shape index (κ2) is 10.0. The van der Waals surface area contributed by atoms with E-state index in [1.165, 1.54) is 0 Å². The molecule has 1 aliphatic rings. The van der Waals surface area contributed by atoms with Gasteiger partial charge in [0.25, 0.3) is 0 Å². The quantitative estimate of drug-likeness (QED) is 0.539. The van der Waals surface area contributed by atoms with Crippen LogP contribution in [0.2, 0.25) is 0 Å². The number of hydrogen-bond donors (Lipinski definition) is 3. The number of piperidine rings is 1. The van der Waals surface area contributed by atoms with Gasteiger partial charge in [0.1, 0.15) is 0 Å². The SMILES string of the molecule is CSCC[C@@H](N)C(=O)N1CCC(C(=O)NCCCO)CC1. The summed E-state index contributed by atoms with van der Waals surface area (Å²) in [6, 6.07) is -0.424. The molecule has 0 unspecified atom stereocenters. The Morgan fingerprint density at radius 3 is 2.67 bits per heavy atom. The molecule has 122 valence electrons. The molecule has 0 aromatic carbocycles. The first-order valence-electron chi connectivity index (χ1n) is 7.52. The van der Waals surface area contributed by atoms with Crippen molar-refractivity contribution in [3.8, 4) is 0 Å². The smallest absolute Gasteiger partial charge is 0.239 e. The van der Waals surface area contributed by atoms with Crippen LogP contribution in [-0.4, -0.2) is 66.1 Å². The van der Waals surface area contributed by atoms with Crippen LogP contribution in [0.3, 0.4) is 0 Å². The van der Waals surface area contributed by atoms with Gasteiger partial charge in [0.15, 0.2) is 0 Å². The number of thioether (sulfide) groups is 1. The predicted molar refractivity (Wildman–Crippen MR) is 85.0 cm³/mol. The van der Waals surface area contributed by atoms with Gasteiger partial charge in [-0.25, -0.2) is 0 Å². The van der Waals surface area contributed by atoms with Gasteiger partial charge in [-0.05, 0) is 37.7 Å². The van der Waals surface area contributed by atoms with Gasteiger partial charge in [-0.2, -0.15) is 11.8 Å². The standard InChI is InChI=1S/C14H27N3O3S/c1-21-10-5-12(15)14(20)17-7-3-11(4-8-17)13(19)16-6-2-9-18/h11-12,18H,2-10,15H2,1H3,(H,16,19)/t12-/m1/s1. The number of aliphatic hydroxyl groups excluding tert-OH is 1. The third kappa shape index (κ3) is 6.23. The summed E-state index contributed by atoms with van der Waals surface area (Å²) in [5.41, 5.74) is 5.90. The summed E-state index contributed by atoms with van der Waals surface area (Å²) in [4.78, 5) is 25.8. The Bertz CT molecular complexity index is 333. The van der Waals surface area contributed by atoms with E-state index in [0.29, 0.717) is 45.3 Å². The van der Waals surface area contributed by atoms with Crippen LogP contribution < -0.4 is 11.1 Å². The minimum absolute atomic E-state index is 0.00295. The summed E-state index contributed by atoms with van der Waals surface area (Å²) in [5, 5.41) is 11.5. The van der Waals surface area contributed by atoms with Crippen LogP contribution in [0.5, 0.6) is 0 Å². The fourth-order valence-corrected chi connectivity index (χ4v) is 2.89. The molecule has 0 aliphatic carbocycles. The van der Waals surface area contributed by atoms with Gasteiger partial charge in [0, 0.05) is 32.2 Å². The molecule has 1 aliphatic heterocycles. The molecular weight excluding hydrogens is 290 g/mol. The maximum absolute atomic E-state index is 12.2. The maximum atomic E-state index is 12.2. The predicted octanol–water partition coefficient (Wildman–Crippen LogP) is -0.196. The fraction of sp³-hybridized carbons (Fsp3) is 0.857. The number of nitrogens with two attached hydrogens (primary N) is 1. The zero-order chi connectivity index (χ0) is 15.7. The third-order valence-corrected chi connectivity index (χ3v) is 4.41. The number of rotatable bonds is 8. The van der Waals surface area contributed by atoms with Crippen LogP contribution in [0, 0.1) is 5.92 Å². The number of amides is 2. The lowest BCUT2D eigenvalue weighted by Crippen LogP contribution is -2.49. The molecule has 0 radical (unpaired) electrons. The number of hydrogen-bond acceptors (Lipinski definition) is 5. The minimum atomic E-state index is -0.424. The van der Waals surface area contributed by atoms with Crippen molar-refractivity contribution in [2.75, 3.05) is 38.2 Å². The first-order valence-corrected chi connectivity index (χ1v) is 8.91. The van der Waals surface area contributed by atoms with Crippen molar-refractivity contribution < 1.29 is 14.7 Å². The van der Waals surface area contributed by atoms with Crippen molar-refractivity contribution in [3.05, 3.63) is 0 Å². The lowest BCUT2D eigenvalue weighted by Gasteiger charge is -2.33. The Hall–Kier alpha value is -0.790. The van der Waals surface area contributed by atoms with Crippen molar-refractivity contribution in [2.45, 2.75) is 31.7 Å². The second-order valence-electron chi connectivity index (χ2n) is 5.36. The number of nitrogens with one attached hydrogen (secondary N) is 1. The number of likely N-dealkylation sites (tertiary alicyclic amines) is 1. The van der Waals surface area contributed by atoms with E-state index in [-0.39, 0.29) is 24.3 Å². The molecule has 0 spiro atoms. The highest BCUT2D eigenvalue weighted by Gasteiger charge is 2.29. The van der Waals surface area contributed by atoms with E-state index in [1.54, 1.807) is 16.7 Å². The van der Waals surface area contributed by atoms with Gasteiger partial charge in [-0.3, -0.25) is 9.59 Å². The average Bonchev–Trinajstić information content (AvgIpc) is 2.52. The minimum Gasteiger partial charge on any atom is -0.396 e. The van der Waals surface area contributed by atoms with Crippen LogP contribution in [0.4, 0.5) is 0 Å². The van der Waals surface area contributed by atoms with Gasteiger partial charge in [-0.1, -0.05) is 0 Å². The number of carbonyl (C=O) groups is 2. The van der Waals surface area contributed by atoms with Crippen LogP contribution in [0.1, 0.15) is 25.7 Å². The number of nitrogens with zero attached hydrogens (tertiary/aromatic N) is 1. The largest absolute Gasteiger partial charge is 0.396 e. The highest BCUT2D eigenvalue weighted by Crippen LogP contribution is 2.18. The summed E-state index contributed by atoms with van der Waals surface area (Å²) < 4.78 is 0. The summed E-state index contributed by atoms with van der Waals surface area (Å²) >= 11 is 1.69. The van der Waals surface area contributed by atoms with Gasteiger partial charge in [0.2, 0.25) is 11.8 Å². The van der Waals surface area contributed by atoms with Gasteiger partial charge < -0.3 is 21.1 Å². The van der Waals surface area contributed by atoms with Crippen LogP contribution in [0.25, 0.3) is 0 Å². The van der Waals surface area contributed by atoms with E-state index in [1.807, 2.05) is 6.26 Å². The highest BCUT2D eigenvalue weighted by molar-refractivity contribution is 7.98. The number of aliphatic hydroxyl groups is 1. The monoisotopic (exact) mass is 317 g/mol. The van der Waals surface area contributed by atoms with Gasteiger partial charge >= 0.3 is 0 Å². The molecule has 1 saturated heterocycles. The lowest BCUT2D eigenvalue weighted by molar-refractivity contribution is -0.136. The zero-order valence-corrected chi connectivity index (χ0v) is 13.5. The van der Waals surface area contributed by atoms with Crippen LogP contribution in [-0.2, 0) is 9.59 Å².